The fourth-order valence-electron chi connectivity index (χ4n) is 2.36. The highest BCUT2D eigenvalue weighted by Crippen LogP contribution is 2.19. The summed E-state index contributed by atoms with van der Waals surface area (Å²) in [7, 11) is 0. The Kier molecular flexibility index (Phi) is 4.77. The summed E-state index contributed by atoms with van der Waals surface area (Å²) in [6.45, 7) is 4.66. The SMILES string of the molecule is CC(C)Oc1ccc(C(=O)N2CCCC(C(=O)O)C2)cn1. The summed E-state index contributed by atoms with van der Waals surface area (Å²) in [5.41, 5.74) is 0.456. The molecule has 1 fully saturated rings. The molecule has 114 valence electrons. The van der Waals surface area contributed by atoms with Crippen molar-refractivity contribution in [3.05, 3.63) is 23.9 Å². The van der Waals surface area contributed by atoms with E-state index in [1.807, 2.05) is 13.8 Å². The zero-order valence-electron chi connectivity index (χ0n) is 12.3. The van der Waals surface area contributed by atoms with E-state index in [9.17, 15) is 9.59 Å². The second-order valence-electron chi connectivity index (χ2n) is 5.48. The number of hydrogen-bond donors (Lipinski definition) is 1. The number of aliphatic carboxylic acids is 1. The Hall–Kier alpha value is -2.11. The summed E-state index contributed by atoms with van der Waals surface area (Å²) < 4.78 is 5.43. The molecule has 1 amide bonds. The Labute approximate surface area is 123 Å². The first-order valence-electron chi connectivity index (χ1n) is 7.12. The lowest BCUT2D eigenvalue weighted by Gasteiger charge is -2.30. The van der Waals surface area contributed by atoms with E-state index in [1.54, 1.807) is 17.0 Å². The summed E-state index contributed by atoms with van der Waals surface area (Å²) >= 11 is 0. The van der Waals surface area contributed by atoms with Crippen LogP contribution in [0.1, 0.15) is 37.0 Å². The van der Waals surface area contributed by atoms with Crippen molar-refractivity contribution in [2.24, 2.45) is 5.92 Å². The van der Waals surface area contributed by atoms with Gasteiger partial charge in [0.25, 0.3) is 5.91 Å². The van der Waals surface area contributed by atoms with E-state index < -0.39 is 11.9 Å². The van der Waals surface area contributed by atoms with Crippen LogP contribution in [0.4, 0.5) is 0 Å². The Morgan fingerprint density at radius 1 is 1.43 bits per heavy atom. The predicted octanol–water partition coefficient (Wildman–Crippen LogP) is 1.81. The standard InChI is InChI=1S/C15H20N2O4/c1-10(2)21-13-6-5-11(8-16-13)14(18)17-7-3-4-12(9-17)15(19)20/h5-6,8,10,12H,3-4,7,9H2,1-2H3,(H,19,20). The highest BCUT2D eigenvalue weighted by atomic mass is 16.5. The van der Waals surface area contributed by atoms with Gasteiger partial charge < -0.3 is 14.7 Å². The predicted molar refractivity (Wildman–Crippen MR) is 76.3 cm³/mol. The molecule has 1 N–H and O–H groups in total. The number of nitrogens with zero attached hydrogens (tertiary/aromatic N) is 2. The lowest BCUT2D eigenvalue weighted by Crippen LogP contribution is -2.42. The summed E-state index contributed by atoms with van der Waals surface area (Å²) in [6.07, 6.45) is 2.84. The van der Waals surface area contributed by atoms with Gasteiger partial charge in [-0.05, 0) is 32.8 Å². The van der Waals surface area contributed by atoms with Gasteiger partial charge in [0, 0.05) is 25.4 Å². The smallest absolute Gasteiger partial charge is 0.308 e. The van der Waals surface area contributed by atoms with E-state index in [4.69, 9.17) is 9.84 Å². The third-order valence-electron chi connectivity index (χ3n) is 3.40. The summed E-state index contributed by atoms with van der Waals surface area (Å²) in [5, 5.41) is 9.06. The number of amides is 1. The third kappa shape index (κ3) is 3.93. The van der Waals surface area contributed by atoms with Crippen LogP contribution in [0.25, 0.3) is 0 Å². The van der Waals surface area contributed by atoms with Crippen LogP contribution < -0.4 is 4.74 Å². The molecule has 0 bridgehead atoms. The number of carbonyl (C=O) groups excluding carboxylic acids is 1. The normalized spacial score (nSPS) is 18.6. The van der Waals surface area contributed by atoms with Crippen molar-refractivity contribution in [1.82, 2.24) is 9.88 Å². The molecule has 0 aliphatic carbocycles. The first-order chi connectivity index (χ1) is 9.97. The summed E-state index contributed by atoms with van der Waals surface area (Å²) in [6, 6.07) is 3.32. The maximum Gasteiger partial charge on any atom is 0.308 e. The molecule has 0 radical (unpaired) electrons. The Bertz CT molecular complexity index is 513. The van der Waals surface area contributed by atoms with Crippen LogP contribution in [0.3, 0.4) is 0 Å². The summed E-state index contributed by atoms with van der Waals surface area (Å²) in [5.74, 6) is -1.02. The van der Waals surface area contributed by atoms with Gasteiger partial charge in [0.15, 0.2) is 0 Å². The van der Waals surface area contributed by atoms with E-state index >= 15 is 0 Å². The van der Waals surface area contributed by atoms with E-state index in [0.29, 0.717) is 30.8 Å². The van der Waals surface area contributed by atoms with E-state index in [0.717, 1.165) is 0 Å². The van der Waals surface area contributed by atoms with Gasteiger partial charge in [0.1, 0.15) is 0 Å². The minimum Gasteiger partial charge on any atom is -0.481 e. The van der Waals surface area contributed by atoms with Gasteiger partial charge >= 0.3 is 5.97 Å². The number of piperidine rings is 1. The van der Waals surface area contributed by atoms with Crippen LogP contribution in [-0.4, -0.2) is 46.1 Å². The van der Waals surface area contributed by atoms with Crippen LogP contribution in [0, 0.1) is 5.92 Å². The van der Waals surface area contributed by atoms with Crippen molar-refractivity contribution < 1.29 is 19.4 Å². The van der Waals surface area contributed by atoms with E-state index in [2.05, 4.69) is 4.98 Å². The number of likely N-dealkylation sites (tertiary alicyclic amines) is 1. The number of aromatic nitrogens is 1. The topological polar surface area (TPSA) is 79.7 Å². The Morgan fingerprint density at radius 2 is 2.19 bits per heavy atom. The Morgan fingerprint density at radius 3 is 2.76 bits per heavy atom. The quantitative estimate of drug-likeness (QED) is 0.915. The van der Waals surface area contributed by atoms with Crippen LogP contribution in [-0.2, 0) is 4.79 Å². The molecule has 1 aromatic heterocycles. The summed E-state index contributed by atoms with van der Waals surface area (Å²) in [4.78, 5) is 29.1. The molecule has 2 heterocycles. The number of carboxylic acid groups (broad SMARTS) is 1. The molecule has 0 spiro atoms. The molecule has 6 heteroatoms. The highest BCUT2D eigenvalue weighted by molar-refractivity contribution is 5.94. The molecule has 1 aliphatic heterocycles. The lowest BCUT2D eigenvalue weighted by molar-refractivity contribution is -0.143. The van der Waals surface area contributed by atoms with Crippen LogP contribution in [0.2, 0.25) is 0 Å². The molecule has 0 aromatic carbocycles. The number of hydrogen-bond acceptors (Lipinski definition) is 4. The zero-order chi connectivity index (χ0) is 15.4. The second-order valence-corrected chi connectivity index (χ2v) is 5.48. The number of carbonyl (C=O) groups is 2. The average Bonchev–Trinajstić information content (AvgIpc) is 2.47. The maximum atomic E-state index is 12.4. The Balaban J connectivity index is 2.03. The first kappa shape index (κ1) is 15.3. The van der Waals surface area contributed by atoms with Crippen molar-refractivity contribution in [3.8, 4) is 5.88 Å². The van der Waals surface area contributed by atoms with Crippen LogP contribution >= 0.6 is 0 Å². The van der Waals surface area contributed by atoms with Crippen molar-refractivity contribution in [2.45, 2.75) is 32.8 Å². The van der Waals surface area contributed by atoms with E-state index in [1.165, 1.54) is 6.20 Å². The fourth-order valence-corrected chi connectivity index (χ4v) is 2.36. The van der Waals surface area contributed by atoms with Gasteiger partial charge in [-0.3, -0.25) is 9.59 Å². The number of pyridine rings is 1. The maximum absolute atomic E-state index is 12.4. The zero-order valence-corrected chi connectivity index (χ0v) is 12.3. The van der Waals surface area contributed by atoms with Gasteiger partial charge in [0.2, 0.25) is 5.88 Å². The van der Waals surface area contributed by atoms with E-state index in [-0.39, 0.29) is 18.6 Å². The van der Waals surface area contributed by atoms with Gasteiger partial charge in [-0.25, -0.2) is 4.98 Å². The van der Waals surface area contributed by atoms with Gasteiger partial charge in [-0.1, -0.05) is 0 Å². The molecule has 1 atom stereocenters. The molecule has 21 heavy (non-hydrogen) atoms. The molecule has 6 nitrogen and oxygen atoms in total. The monoisotopic (exact) mass is 292 g/mol. The van der Waals surface area contributed by atoms with Gasteiger partial charge in [-0.2, -0.15) is 0 Å². The molecular weight excluding hydrogens is 272 g/mol. The number of rotatable bonds is 4. The molecular formula is C15H20N2O4. The minimum atomic E-state index is -0.841. The fraction of sp³-hybridized carbons (Fsp3) is 0.533. The minimum absolute atomic E-state index is 0.0254. The van der Waals surface area contributed by atoms with Crippen molar-refractivity contribution in [2.75, 3.05) is 13.1 Å². The highest BCUT2D eigenvalue weighted by Gasteiger charge is 2.28. The van der Waals surface area contributed by atoms with Crippen LogP contribution in [0.5, 0.6) is 5.88 Å². The largest absolute Gasteiger partial charge is 0.481 e. The number of ether oxygens (including phenoxy) is 1. The van der Waals surface area contributed by atoms with Crippen molar-refractivity contribution in [3.63, 3.8) is 0 Å². The molecule has 1 saturated heterocycles. The third-order valence-corrected chi connectivity index (χ3v) is 3.40. The molecule has 1 aromatic rings. The van der Waals surface area contributed by atoms with Crippen molar-refractivity contribution >= 4 is 11.9 Å². The molecule has 1 unspecified atom stereocenters. The second kappa shape index (κ2) is 6.56. The molecule has 2 rings (SSSR count). The van der Waals surface area contributed by atoms with Crippen molar-refractivity contribution in [1.29, 1.82) is 0 Å². The average molecular weight is 292 g/mol. The number of carboxylic acids is 1. The first-order valence-corrected chi connectivity index (χ1v) is 7.12. The van der Waals surface area contributed by atoms with Crippen LogP contribution in [0.15, 0.2) is 18.3 Å². The van der Waals surface area contributed by atoms with Gasteiger partial charge in [-0.15, -0.1) is 0 Å². The molecule has 0 saturated carbocycles. The lowest BCUT2D eigenvalue weighted by atomic mass is 9.98. The molecule has 1 aliphatic rings. The van der Waals surface area contributed by atoms with Gasteiger partial charge in [0.05, 0.1) is 17.6 Å².